The summed E-state index contributed by atoms with van der Waals surface area (Å²) in [6.07, 6.45) is 0.418. The van der Waals surface area contributed by atoms with Gasteiger partial charge in [0.25, 0.3) is 0 Å². The molecule has 3 N–H and O–H groups in total. The van der Waals surface area contributed by atoms with Gasteiger partial charge in [-0.15, -0.1) is 0 Å². The summed E-state index contributed by atoms with van der Waals surface area (Å²) in [4.78, 5) is 23.0. The molecule has 0 bridgehead atoms. The van der Waals surface area contributed by atoms with E-state index in [2.05, 4.69) is 10.0 Å². The van der Waals surface area contributed by atoms with Gasteiger partial charge in [-0.25, -0.2) is 17.9 Å². The molecule has 0 fully saturated rings. The zero-order valence-corrected chi connectivity index (χ0v) is 14.2. The lowest BCUT2D eigenvalue weighted by Crippen LogP contribution is -2.46. The highest BCUT2D eigenvalue weighted by molar-refractivity contribution is 7.89. The molecule has 0 heterocycles. The van der Waals surface area contributed by atoms with Gasteiger partial charge in [0.1, 0.15) is 6.04 Å². The molecule has 0 radical (unpaired) electrons. The van der Waals surface area contributed by atoms with Gasteiger partial charge in [0.2, 0.25) is 15.9 Å². The Labute approximate surface area is 141 Å². The first-order valence-corrected chi connectivity index (χ1v) is 9.01. The Bertz CT molecular complexity index is 633. The molecule has 0 saturated carbocycles. The number of rotatable bonds is 11. The molecular weight excluding hydrogens is 336 g/mol. The predicted octanol–water partition coefficient (Wildman–Crippen LogP) is -0.246. The molecule has 1 atom stereocenters. The molecule has 1 rings (SSSR count). The zero-order valence-electron chi connectivity index (χ0n) is 13.4. The minimum absolute atomic E-state index is 0.114. The predicted molar refractivity (Wildman–Crippen MR) is 88.0 cm³/mol. The second-order valence-corrected chi connectivity index (χ2v) is 7.06. The molecule has 1 aromatic rings. The SMILES string of the molecule is COCCCS(=O)(=O)NCC(=O)N[C@H](Cc1ccccc1)C(=O)O. The van der Waals surface area contributed by atoms with E-state index in [9.17, 15) is 23.1 Å². The van der Waals surface area contributed by atoms with Crippen LogP contribution in [0.2, 0.25) is 0 Å². The van der Waals surface area contributed by atoms with Crippen LogP contribution in [0.25, 0.3) is 0 Å². The molecular formula is C15H22N2O6S. The second-order valence-electron chi connectivity index (χ2n) is 5.13. The van der Waals surface area contributed by atoms with Crippen molar-refractivity contribution in [1.82, 2.24) is 10.0 Å². The molecule has 9 heteroatoms. The fourth-order valence-corrected chi connectivity index (χ4v) is 2.93. The molecule has 1 amide bonds. The monoisotopic (exact) mass is 358 g/mol. The van der Waals surface area contributed by atoms with Gasteiger partial charge in [-0.05, 0) is 12.0 Å². The third-order valence-corrected chi connectivity index (χ3v) is 4.54. The van der Waals surface area contributed by atoms with Crippen molar-refractivity contribution in [3.63, 3.8) is 0 Å². The number of aliphatic carboxylic acids is 1. The van der Waals surface area contributed by atoms with Gasteiger partial charge in [0, 0.05) is 20.1 Å². The maximum atomic E-state index is 11.8. The zero-order chi connectivity index (χ0) is 18.0. The molecule has 1 aromatic carbocycles. The minimum atomic E-state index is -3.60. The summed E-state index contributed by atoms with van der Waals surface area (Å²) in [5, 5.41) is 11.5. The maximum absolute atomic E-state index is 11.8. The first kappa shape index (κ1) is 20.1. The molecule has 0 aliphatic heterocycles. The van der Waals surface area contributed by atoms with Crippen LogP contribution in [0.4, 0.5) is 0 Å². The van der Waals surface area contributed by atoms with Crippen LogP contribution in [0.1, 0.15) is 12.0 Å². The molecule has 0 saturated heterocycles. The van der Waals surface area contributed by atoms with Crippen LogP contribution in [0.3, 0.4) is 0 Å². The topological polar surface area (TPSA) is 122 Å². The summed E-state index contributed by atoms with van der Waals surface area (Å²) in [7, 11) is -2.14. The van der Waals surface area contributed by atoms with Crippen LogP contribution < -0.4 is 10.0 Å². The number of carboxylic acid groups (broad SMARTS) is 1. The molecule has 134 valence electrons. The van der Waals surface area contributed by atoms with Crippen molar-refractivity contribution < 1.29 is 27.9 Å². The lowest BCUT2D eigenvalue weighted by Gasteiger charge is -2.15. The van der Waals surface area contributed by atoms with Crippen molar-refractivity contribution in [2.24, 2.45) is 0 Å². The summed E-state index contributed by atoms with van der Waals surface area (Å²) >= 11 is 0. The molecule has 8 nitrogen and oxygen atoms in total. The summed E-state index contributed by atoms with van der Waals surface area (Å²) in [5.41, 5.74) is 0.755. The Morgan fingerprint density at radius 2 is 1.92 bits per heavy atom. The van der Waals surface area contributed by atoms with Gasteiger partial charge in [0.15, 0.2) is 0 Å². The van der Waals surface area contributed by atoms with E-state index in [1.165, 1.54) is 7.11 Å². The van der Waals surface area contributed by atoms with Gasteiger partial charge in [-0.1, -0.05) is 30.3 Å². The Balaban J connectivity index is 2.50. The number of hydrogen-bond donors (Lipinski definition) is 3. The Morgan fingerprint density at radius 3 is 2.50 bits per heavy atom. The van der Waals surface area contributed by atoms with Gasteiger partial charge in [-0.3, -0.25) is 4.79 Å². The van der Waals surface area contributed by atoms with E-state index in [-0.39, 0.29) is 12.2 Å². The number of hydrogen-bond acceptors (Lipinski definition) is 5. The quantitative estimate of drug-likeness (QED) is 0.469. The van der Waals surface area contributed by atoms with Gasteiger partial charge in [0.05, 0.1) is 12.3 Å². The average molecular weight is 358 g/mol. The summed E-state index contributed by atoms with van der Waals surface area (Å²) in [6, 6.07) is 7.71. The van der Waals surface area contributed by atoms with E-state index < -0.39 is 34.5 Å². The smallest absolute Gasteiger partial charge is 0.326 e. The number of nitrogens with one attached hydrogen (secondary N) is 2. The summed E-state index contributed by atoms with van der Waals surface area (Å²) in [6.45, 7) is -0.209. The number of carbonyl (C=O) groups excluding carboxylic acids is 1. The summed E-state index contributed by atoms with van der Waals surface area (Å²) < 4.78 is 30.2. The number of methoxy groups -OCH3 is 1. The van der Waals surface area contributed by atoms with Crippen LogP contribution in [0.15, 0.2) is 30.3 Å². The third-order valence-electron chi connectivity index (χ3n) is 3.13. The first-order valence-electron chi connectivity index (χ1n) is 7.36. The Hall–Kier alpha value is -1.97. The molecule has 0 aliphatic carbocycles. The molecule has 0 aromatic heterocycles. The molecule has 0 spiro atoms. The van der Waals surface area contributed by atoms with Crippen molar-refractivity contribution in [1.29, 1.82) is 0 Å². The van der Waals surface area contributed by atoms with Crippen molar-refractivity contribution in [2.45, 2.75) is 18.9 Å². The van der Waals surface area contributed by atoms with Gasteiger partial charge in [-0.2, -0.15) is 0 Å². The Morgan fingerprint density at radius 1 is 1.25 bits per heavy atom. The van der Waals surface area contributed by atoms with E-state index in [4.69, 9.17) is 4.74 Å². The average Bonchev–Trinajstić information content (AvgIpc) is 2.53. The molecule has 0 unspecified atom stereocenters. The van der Waals surface area contributed by atoms with Crippen LogP contribution in [0.5, 0.6) is 0 Å². The number of amides is 1. The Kier molecular flexibility index (Phi) is 8.37. The standard InChI is InChI=1S/C15H22N2O6S/c1-23-8-5-9-24(21,22)16-11-14(18)17-13(15(19)20)10-12-6-3-2-4-7-12/h2-4,6-7,13,16H,5,8-11H2,1H3,(H,17,18)(H,19,20)/t13-/m1/s1. The van der Waals surface area contributed by atoms with E-state index >= 15 is 0 Å². The van der Waals surface area contributed by atoms with E-state index in [0.29, 0.717) is 13.0 Å². The molecule has 0 aliphatic rings. The largest absolute Gasteiger partial charge is 0.480 e. The van der Waals surface area contributed by atoms with Crippen LogP contribution in [0, 0.1) is 0 Å². The van der Waals surface area contributed by atoms with Crippen molar-refractivity contribution >= 4 is 21.9 Å². The van der Waals surface area contributed by atoms with E-state index in [1.54, 1.807) is 30.3 Å². The lowest BCUT2D eigenvalue weighted by atomic mass is 10.1. The highest BCUT2D eigenvalue weighted by Crippen LogP contribution is 2.03. The fraction of sp³-hybridized carbons (Fsp3) is 0.467. The first-order chi connectivity index (χ1) is 11.3. The highest BCUT2D eigenvalue weighted by Gasteiger charge is 2.21. The third kappa shape index (κ3) is 8.04. The van der Waals surface area contributed by atoms with E-state index in [0.717, 1.165) is 5.56 Å². The molecule has 24 heavy (non-hydrogen) atoms. The fourth-order valence-electron chi connectivity index (χ4n) is 1.94. The number of carboxylic acids is 1. The highest BCUT2D eigenvalue weighted by atomic mass is 32.2. The lowest BCUT2D eigenvalue weighted by molar-refractivity contribution is -0.141. The van der Waals surface area contributed by atoms with Gasteiger partial charge < -0.3 is 15.2 Å². The number of ether oxygens (including phenoxy) is 1. The number of sulfonamides is 1. The van der Waals surface area contributed by atoms with Crippen LogP contribution >= 0.6 is 0 Å². The maximum Gasteiger partial charge on any atom is 0.326 e. The van der Waals surface area contributed by atoms with Gasteiger partial charge >= 0.3 is 5.97 Å². The number of carbonyl (C=O) groups is 2. The second kappa shape index (κ2) is 10.0. The van der Waals surface area contributed by atoms with Crippen molar-refractivity contribution in [2.75, 3.05) is 26.0 Å². The van der Waals surface area contributed by atoms with Crippen LogP contribution in [-0.2, 0) is 30.8 Å². The number of benzene rings is 1. The summed E-state index contributed by atoms with van der Waals surface area (Å²) in [5.74, 6) is -2.05. The normalized spacial score (nSPS) is 12.5. The van der Waals surface area contributed by atoms with Crippen LogP contribution in [-0.4, -0.2) is 57.5 Å². The van der Waals surface area contributed by atoms with E-state index in [1.807, 2.05) is 0 Å². The van der Waals surface area contributed by atoms with Crippen molar-refractivity contribution in [3.05, 3.63) is 35.9 Å². The van der Waals surface area contributed by atoms with Crippen molar-refractivity contribution in [3.8, 4) is 0 Å². The minimum Gasteiger partial charge on any atom is -0.480 e.